The average molecular weight is 479 g/mol. The first-order valence-electron chi connectivity index (χ1n) is 8.58. The van der Waals surface area contributed by atoms with Crippen LogP contribution in [0.4, 0.5) is 13.2 Å². The number of carbonyl (C=O) groups excluding carboxylic acids is 1. The van der Waals surface area contributed by atoms with Crippen LogP contribution in [0.5, 0.6) is 0 Å². The van der Waals surface area contributed by atoms with E-state index in [9.17, 15) is 22.8 Å². The Bertz CT molecular complexity index is 1180. The maximum Gasteiger partial charge on any atom is 0.408 e. The van der Waals surface area contributed by atoms with Gasteiger partial charge in [-0.05, 0) is 30.7 Å². The normalized spacial score (nSPS) is 12.8. The first-order valence-corrected chi connectivity index (χ1v) is 9.71. The molecule has 3 aromatic rings. The predicted molar refractivity (Wildman–Crippen MR) is 110 cm³/mol. The number of halogens is 6. The van der Waals surface area contributed by atoms with Gasteiger partial charge in [0.1, 0.15) is 22.4 Å². The van der Waals surface area contributed by atoms with Crippen LogP contribution in [0.2, 0.25) is 15.2 Å². The lowest BCUT2D eigenvalue weighted by atomic mass is 10.1. The summed E-state index contributed by atoms with van der Waals surface area (Å²) in [4.78, 5) is 29.6. The molecule has 1 unspecified atom stereocenters. The Kier molecular flexibility index (Phi) is 6.31. The molecule has 0 radical (unpaired) electrons. The van der Waals surface area contributed by atoms with Crippen molar-refractivity contribution in [3.05, 3.63) is 67.5 Å². The Morgan fingerprint density at radius 2 is 1.80 bits per heavy atom. The molecule has 158 valence electrons. The molecule has 0 spiro atoms. The third kappa shape index (κ3) is 4.26. The third-order valence-electron chi connectivity index (χ3n) is 4.35. The van der Waals surface area contributed by atoms with Gasteiger partial charge in [0.05, 0.1) is 21.1 Å². The van der Waals surface area contributed by atoms with E-state index in [0.717, 1.165) is 6.20 Å². The van der Waals surface area contributed by atoms with E-state index >= 15 is 0 Å². The van der Waals surface area contributed by atoms with Crippen LogP contribution >= 0.6 is 34.8 Å². The molecule has 0 aliphatic carbocycles. The van der Waals surface area contributed by atoms with Crippen molar-refractivity contribution >= 4 is 51.7 Å². The van der Waals surface area contributed by atoms with Crippen molar-refractivity contribution in [3.8, 4) is 5.69 Å². The van der Waals surface area contributed by atoms with Gasteiger partial charge in [-0.1, -0.05) is 47.8 Å². The lowest BCUT2D eigenvalue weighted by molar-refractivity contribution is -0.153. The smallest absolute Gasteiger partial charge is 0.340 e. The molecule has 3 rings (SSSR count). The van der Waals surface area contributed by atoms with Gasteiger partial charge in [0.25, 0.3) is 5.91 Å². The maximum absolute atomic E-state index is 13.1. The summed E-state index contributed by atoms with van der Waals surface area (Å²) in [6.07, 6.45) is -4.01. The minimum absolute atomic E-state index is 0.0388. The number of hydrogen-bond acceptors (Lipinski definition) is 3. The van der Waals surface area contributed by atoms with Crippen LogP contribution < -0.4 is 10.7 Å². The predicted octanol–water partition coefficient (Wildman–Crippen LogP) is 5.42. The van der Waals surface area contributed by atoms with Gasteiger partial charge in [0, 0.05) is 6.20 Å². The highest BCUT2D eigenvalue weighted by molar-refractivity contribution is 6.38. The number of benzene rings is 1. The van der Waals surface area contributed by atoms with Crippen molar-refractivity contribution in [2.24, 2.45) is 0 Å². The fourth-order valence-electron chi connectivity index (χ4n) is 2.88. The number of aromatic nitrogens is 2. The Balaban J connectivity index is 2.28. The van der Waals surface area contributed by atoms with Gasteiger partial charge in [-0.25, -0.2) is 4.98 Å². The maximum atomic E-state index is 13.1. The van der Waals surface area contributed by atoms with Crippen molar-refractivity contribution < 1.29 is 18.0 Å². The molecule has 1 aromatic carbocycles. The highest BCUT2D eigenvalue weighted by Gasteiger charge is 2.39. The Hall–Kier alpha value is -2.29. The zero-order valence-electron chi connectivity index (χ0n) is 15.2. The number of fused-ring (bicyclic) bond motifs is 1. The SMILES string of the molecule is CCC(NC(=O)c1cn(-c2c(Cl)cccc2Cl)c2nc(Cl)ccc2c1=O)C(F)(F)F. The fourth-order valence-corrected chi connectivity index (χ4v) is 3.61. The van der Waals surface area contributed by atoms with E-state index in [0.29, 0.717) is 0 Å². The molecule has 11 heteroatoms. The first-order chi connectivity index (χ1) is 14.0. The van der Waals surface area contributed by atoms with Gasteiger partial charge in [-0.3, -0.25) is 14.2 Å². The van der Waals surface area contributed by atoms with Gasteiger partial charge in [0.15, 0.2) is 0 Å². The second-order valence-electron chi connectivity index (χ2n) is 6.29. The fraction of sp³-hybridized carbons (Fsp3) is 0.211. The van der Waals surface area contributed by atoms with Crippen LogP contribution in [-0.4, -0.2) is 27.7 Å². The lowest BCUT2D eigenvalue weighted by Crippen LogP contribution is -2.46. The van der Waals surface area contributed by atoms with Crippen LogP contribution in [0.1, 0.15) is 23.7 Å². The molecule has 1 atom stereocenters. The van der Waals surface area contributed by atoms with Gasteiger partial charge in [-0.2, -0.15) is 13.2 Å². The highest BCUT2D eigenvalue weighted by Crippen LogP contribution is 2.31. The number of nitrogens with one attached hydrogen (secondary N) is 1. The van der Waals surface area contributed by atoms with Gasteiger partial charge in [0.2, 0.25) is 5.43 Å². The standard InChI is InChI=1S/C19H13Cl3F3N3O2/c1-2-13(19(23,24)25)26-18(30)10-8-28(15-11(20)4-3-5-12(15)21)17-9(16(10)29)6-7-14(22)27-17/h3-8,13H,2H2,1H3,(H,26,30). The molecule has 1 N–H and O–H groups in total. The molecule has 2 aromatic heterocycles. The number of alkyl halides is 3. The van der Waals surface area contributed by atoms with Crippen LogP contribution in [0.3, 0.4) is 0 Å². The number of amides is 1. The van der Waals surface area contributed by atoms with Crippen LogP contribution in [0, 0.1) is 0 Å². The zero-order valence-corrected chi connectivity index (χ0v) is 17.5. The molecule has 0 aliphatic heterocycles. The second-order valence-corrected chi connectivity index (χ2v) is 7.49. The molecule has 1 amide bonds. The van der Waals surface area contributed by atoms with Crippen molar-refractivity contribution in [1.29, 1.82) is 0 Å². The summed E-state index contributed by atoms with van der Waals surface area (Å²) in [5.74, 6) is -1.18. The molecule has 5 nitrogen and oxygen atoms in total. The molecule has 2 heterocycles. The van der Waals surface area contributed by atoms with Crippen LogP contribution in [-0.2, 0) is 0 Å². The van der Waals surface area contributed by atoms with Crippen molar-refractivity contribution in [3.63, 3.8) is 0 Å². The highest BCUT2D eigenvalue weighted by atomic mass is 35.5. The Morgan fingerprint density at radius 1 is 1.17 bits per heavy atom. The van der Waals surface area contributed by atoms with Gasteiger partial charge < -0.3 is 5.32 Å². The zero-order chi connectivity index (χ0) is 22.2. The number of carbonyl (C=O) groups is 1. The Labute approximate surface area is 183 Å². The summed E-state index contributed by atoms with van der Waals surface area (Å²) < 4.78 is 40.5. The molecule has 0 bridgehead atoms. The van der Waals surface area contributed by atoms with Crippen LogP contribution in [0.15, 0.2) is 41.3 Å². The van der Waals surface area contributed by atoms with E-state index in [-0.39, 0.29) is 31.9 Å². The summed E-state index contributed by atoms with van der Waals surface area (Å²) in [7, 11) is 0. The number of rotatable bonds is 4. The summed E-state index contributed by atoms with van der Waals surface area (Å²) in [6, 6.07) is 5.17. The largest absolute Gasteiger partial charge is 0.408 e. The van der Waals surface area contributed by atoms with Crippen molar-refractivity contribution in [1.82, 2.24) is 14.9 Å². The quantitative estimate of drug-likeness (QED) is 0.510. The van der Waals surface area contributed by atoms with E-state index < -0.39 is 35.5 Å². The van der Waals surface area contributed by atoms with E-state index in [2.05, 4.69) is 4.98 Å². The summed E-state index contributed by atoms with van der Waals surface area (Å²) in [5.41, 5.74) is -1.09. The Morgan fingerprint density at radius 3 is 2.37 bits per heavy atom. The number of nitrogens with zero attached hydrogens (tertiary/aromatic N) is 2. The van der Waals surface area contributed by atoms with E-state index in [1.54, 1.807) is 6.07 Å². The summed E-state index contributed by atoms with van der Waals surface area (Å²) in [6.45, 7) is 1.27. The van der Waals surface area contributed by atoms with Crippen LogP contribution in [0.25, 0.3) is 16.7 Å². The molecule has 30 heavy (non-hydrogen) atoms. The van der Waals surface area contributed by atoms with E-state index in [1.165, 1.54) is 35.8 Å². The number of para-hydroxylation sites is 1. The molecule has 0 aliphatic rings. The third-order valence-corrected chi connectivity index (χ3v) is 5.17. The number of hydrogen-bond donors (Lipinski definition) is 1. The van der Waals surface area contributed by atoms with Crippen molar-refractivity contribution in [2.75, 3.05) is 0 Å². The molecular formula is C19H13Cl3F3N3O2. The minimum Gasteiger partial charge on any atom is -0.340 e. The van der Waals surface area contributed by atoms with Gasteiger partial charge >= 0.3 is 6.18 Å². The van der Waals surface area contributed by atoms with Gasteiger partial charge in [-0.15, -0.1) is 0 Å². The molecule has 0 saturated heterocycles. The topological polar surface area (TPSA) is 64.0 Å². The first kappa shape index (κ1) is 22.4. The second kappa shape index (κ2) is 8.45. The van der Waals surface area contributed by atoms with E-state index in [1.807, 2.05) is 5.32 Å². The molecule has 0 saturated carbocycles. The van der Waals surface area contributed by atoms with Crippen molar-refractivity contribution in [2.45, 2.75) is 25.6 Å². The average Bonchev–Trinajstić information content (AvgIpc) is 2.66. The number of pyridine rings is 2. The minimum atomic E-state index is -4.67. The monoisotopic (exact) mass is 477 g/mol. The van der Waals surface area contributed by atoms with E-state index in [4.69, 9.17) is 34.8 Å². The summed E-state index contributed by atoms with van der Waals surface area (Å²) >= 11 is 18.5. The molecular weight excluding hydrogens is 466 g/mol. The molecule has 0 fully saturated rings. The lowest BCUT2D eigenvalue weighted by Gasteiger charge is -2.20. The summed E-state index contributed by atoms with van der Waals surface area (Å²) in [5, 5.41) is 2.21.